The molecule has 14 nitrogen and oxygen atoms in total. The van der Waals surface area contributed by atoms with E-state index in [2.05, 4.69) is 79.9 Å². The average molecular weight is 1090 g/mol. The molecule has 0 saturated carbocycles. The van der Waals surface area contributed by atoms with Gasteiger partial charge in [-0.2, -0.15) is 0 Å². The Hall–Kier alpha value is -2.57. The van der Waals surface area contributed by atoms with Gasteiger partial charge in [0.15, 0.2) is 12.6 Å². The van der Waals surface area contributed by atoms with Crippen LogP contribution < -0.4 is 5.32 Å². The predicted octanol–water partition coefficient (Wildman–Crippen LogP) is 10.7. The molecule has 2 fully saturated rings. The molecule has 12 unspecified atom stereocenters. The van der Waals surface area contributed by atoms with E-state index in [1.54, 1.807) is 6.08 Å². The lowest BCUT2D eigenvalue weighted by atomic mass is 9.97. The standard InChI is InChI=1S/C63H111NO13/c1-3-5-7-9-11-13-15-17-19-21-23-25-27-28-30-32-34-36-38-40-42-44-46-52(67)51(50-74-62-60(73)58(71)61(54(49-66)76-62)77-63-59(72)57(70)56(69)53(48-65)75-63)64-55(68)47-45-43-41-39-37-35-33-31-29-26-24-22-20-18-16-14-12-10-8-6-4-2/h16,18,22,24,28-31,36,38,44,46,51-54,56-63,65-67,69-73H,3-15,17,19-21,23,25-27,32-35,37,39-43,45,47-50H2,1-2H3,(H,64,68)/b18-16-,24-22-,30-28+,31-29-,38-36+,46-44+. The Balaban J connectivity index is 1.80. The Morgan fingerprint density at radius 3 is 1.36 bits per heavy atom. The van der Waals surface area contributed by atoms with Gasteiger partial charge in [-0.25, -0.2) is 0 Å². The summed E-state index contributed by atoms with van der Waals surface area (Å²) >= 11 is 0. The third-order valence-corrected chi connectivity index (χ3v) is 14.6. The van der Waals surface area contributed by atoms with Crippen molar-refractivity contribution < 1.29 is 64.6 Å². The highest BCUT2D eigenvalue weighted by Gasteiger charge is 2.51. The quantitative estimate of drug-likeness (QED) is 0.0204. The van der Waals surface area contributed by atoms with Crippen molar-refractivity contribution in [2.75, 3.05) is 19.8 Å². The van der Waals surface area contributed by atoms with E-state index in [-0.39, 0.29) is 18.9 Å². The van der Waals surface area contributed by atoms with Crippen LogP contribution in [-0.2, 0) is 23.7 Å². The second-order valence-corrected chi connectivity index (χ2v) is 21.5. The first-order valence-electron chi connectivity index (χ1n) is 30.7. The first-order chi connectivity index (χ1) is 37.6. The molecule has 2 aliphatic heterocycles. The van der Waals surface area contributed by atoms with Crippen LogP contribution in [0.4, 0.5) is 0 Å². The predicted molar refractivity (Wildman–Crippen MR) is 309 cm³/mol. The fourth-order valence-electron chi connectivity index (χ4n) is 9.62. The van der Waals surface area contributed by atoms with Crippen LogP contribution in [0.2, 0.25) is 0 Å². The maximum Gasteiger partial charge on any atom is 0.220 e. The highest BCUT2D eigenvalue weighted by atomic mass is 16.7. The van der Waals surface area contributed by atoms with Gasteiger partial charge >= 0.3 is 0 Å². The Morgan fingerprint density at radius 1 is 0.468 bits per heavy atom. The third-order valence-electron chi connectivity index (χ3n) is 14.6. The lowest BCUT2D eigenvalue weighted by molar-refractivity contribution is -0.359. The molecule has 0 bridgehead atoms. The van der Waals surface area contributed by atoms with Gasteiger partial charge in [0.25, 0.3) is 0 Å². The van der Waals surface area contributed by atoms with Gasteiger partial charge in [0, 0.05) is 6.42 Å². The van der Waals surface area contributed by atoms with Gasteiger partial charge in [-0.3, -0.25) is 4.79 Å². The fourth-order valence-corrected chi connectivity index (χ4v) is 9.62. The van der Waals surface area contributed by atoms with E-state index < -0.39 is 86.8 Å². The van der Waals surface area contributed by atoms with Crippen LogP contribution in [0.3, 0.4) is 0 Å². The Morgan fingerprint density at radius 2 is 0.870 bits per heavy atom. The SMILES string of the molecule is CCCCCCC/C=C\C/C=C\C/C=C\CCCCCCCCC(=O)NC(COC1OC(CO)C(OC2OC(CO)C(O)C(O)C2O)C(O)C1O)C(O)/C=C/CC/C=C/CC/C=C/CCCCCCCCCCCCCC. The number of aliphatic hydroxyl groups excluding tert-OH is 8. The van der Waals surface area contributed by atoms with Gasteiger partial charge < -0.3 is 65.1 Å². The minimum Gasteiger partial charge on any atom is -0.394 e. The summed E-state index contributed by atoms with van der Waals surface area (Å²) in [6, 6.07) is -0.949. The van der Waals surface area contributed by atoms with Crippen LogP contribution in [0.15, 0.2) is 72.9 Å². The van der Waals surface area contributed by atoms with Crippen LogP contribution >= 0.6 is 0 Å². The number of ether oxygens (including phenoxy) is 4. The first-order valence-corrected chi connectivity index (χ1v) is 30.7. The lowest BCUT2D eigenvalue weighted by Gasteiger charge is -2.46. The van der Waals surface area contributed by atoms with Crippen molar-refractivity contribution in [1.29, 1.82) is 0 Å². The number of allylic oxidation sites excluding steroid dienone is 11. The minimum absolute atomic E-state index is 0.252. The van der Waals surface area contributed by atoms with Crippen molar-refractivity contribution in [3.05, 3.63) is 72.9 Å². The number of nitrogens with one attached hydrogen (secondary N) is 1. The molecule has 2 aliphatic rings. The van der Waals surface area contributed by atoms with Gasteiger partial charge in [-0.05, 0) is 83.5 Å². The van der Waals surface area contributed by atoms with Gasteiger partial charge in [0.2, 0.25) is 5.91 Å². The van der Waals surface area contributed by atoms with Crippen LogP contribution in [0.1, 0.15) is 226 Å². The smallest absolute Gasteiger partial charge is 0.220 e. The normalized spacial score (nSPS) is 25.2. The van der Waals surface area contributed by atoms with E-state index in [4.69, 9.17) is 18.9 Å². The minimum atomic E-state index is -1.80. The molecule has 77 heavy (non-hydrogen) atoms. The monoisotopic (exact) mass is 1090 g/mol. The zero-order chi connectivity index (χ0) is 56.0. The highest BCUT2D eigenvalue weighted by molar-refractivity contribution is 5.76. The lowest BCUT2D eigenvalue weighted by Crippen LogP contribution is -2.65. The van der Waals surface area contributed by atoms with Crippen LogP contribution in [0.25, 0.3) is 0 Å². The maximum atomic E-state index is 13.3. The van der Waals surface area contributed by atoms with E-state index >= 15 is 0 Å². The number of hydrogen-bond donors (Lipinski definition) is 9. The van der Waals surface area contributed by atoms with Crippen LogP contribution in [0, 0.1) is 0 Å². The molecule has 0 aliphatic carbocycles. The van der Waals surface area contributed by atoms with E-state index in [0.29, 0.717) is 12.8 Å². The van der Waals surface area contributed by atoms with E-state index in [1.807, 2.05) is 6.08 Å². The summed E-state index contributed by atoms with van der Waals surface area (Å²) in [5.74, 6) is -0.267. The largest absolute Gasteiger partial charge is 0.394 e. The summed E-state index contributed by atoms with van der Waals surface area (Å²) in [6.07, 6.45) is 46.5. The van der Waals surface area contributed by atoms with E-state index in [1.165, 1.54) is 116 Å². The summed E-state index contributed by atoms with van der Waals surface area (Å²) in [5, 5.41) is 87.1. The number of unbranched alkanes of at least 4 members (excludes halogenated alkanes) is 25. The number of carbonyl (C=O) groups is 1. The molecule has 14 heteroatoms. The summed E-state index contributed by atoms with van der Waals surface area (Å²) in [4.78, 5) is 13.3. The molecule has 0 radical (unpaired) electrons. The number of aliphatic hydroxyl groups is 8. The molecule has 2 rings (SSSR count). The molecular formula is C63H111NO13. The van der Waals surface area contributed by atoms with E-state index in [0.717, 1.165) is 77.0 Å². The van der Waals surface area contributed by atoms with Crippen molar-refractivity contribution >= 4 is 5.91 Å². The molecule has 9 N–H and O–H groups in total. The molecule has 0 aromatic heterocycles. The first kappa shape index (κ1) is 70.5. The topological polar surface area (TPSA) is 228 Å². The van der Waals surface area contributed by atoms with Crippen LogP contribution in [-0.4, -0.2) is 140 Å². The summed E-state index contributed by atoms with van der Waals surface area (Å²) in [6.45, 7) is 2.75. The van der Waals surface area contributed by atoms with Crippen molar-refractivity contribution in [3.8, 4) is 0 Å². The number of rotatable bonds is 48. The number of carbonyl (C=O) groups excluding carboxylic acids is 1. The molecule has 0 aromatic carbocycles. The second kappa shape index (κ2) is 48.2. The van der Waals surface area contributed by atoms with Crippen molar-refractivity contribution in [2.24, 2.45) is 0 Å². The van der Waals surface area contributed by atoms with E-state index in [9.17, 15) is 45.6 Å². The number of amides is 1. The van der Waals surface area contributed by atoms with Crippen molar-refractivity contribution in [3.63, 3.8) is 0 Å². The molecule has 0 spiro atoms. The van der Waals surface area contributed by atoms with Gasteiger partial charge in [-0.15, -0.1) is 0 Å². The summed E-state index contributed by atoms with van der Waals surface area (Å²) in [7, 11) is 0. The Kier molecular flexibility index (Phi) is 44.1. The highest BCUT2D eigenvalue weighted by Crippen LogP contribution is 2.30. The number of hydrogen-bond acceptors (Lipinski definition) is 13. The van der Waals surface area contributed by atoms with Crippen molar-refractivity contribution in [2.45, 2.75) is 299 Å². The zero-order valence-electron chi connectivity index (χ0n) is 47.9. The van der Waals surface area contributed by atoms with Gasteiger partial charge in [0.1, 0.15) is 48.8 Å². The molecule has 446 valence electrons. The molecule has 12 atom stereocenters. The molecule has 0 aromatic rings. The summed E-state index contributed by atoms with van der Waals surface area (Å²) < 4.78 is 22.8. The molecular weight excluding hydrogens is 979 g/mol. The molecule has 2 saturated heterocycles. The van der Waals surface area contributed by atoms with Gasteiger partial charge in [-0.1, -0.05) is 209 Å². The second-order valence-electron chi connectivity index (χ2n) is 21.5. The zero-order valence-corrected chi connectivity index (χ0v) is 47.9. The molecule has 2 heterocycles. The average Bonchev–Trinajstić information content (AvgIpc) is 3.44. The fraction of sp³-hybridized carbons (Fsp3) is 0.794. The Labute approximate surface area is 466 Å². The summed E-state index contributed by atoms with van der Waals surface area (Å²) in [5.41, 5.74) is 0. The van der Waals surface area contributed by atoms with Crippen LogP contribution in [0.5, 0.6) is 0 Å². The van der Waals surface area contributed by atoms with Gasteiger partial charge in [0.05, 0.1) is 32.0 Å². The van der Waals surface area contributed by atoms with Crippen molar-refractivity contribution in [1.82, 2.24) is 5.32 Å². The third kappa shape index (κ3) is 33.7. The Bertz CT molecular complexity index is 1570. The maximum absolute atomic E-state index is 13.3. The molecule has 1 amide bonds.